The Morgan fingerprint density at radius 3 is 2.58 bits per heavy atom. The molecule has 0 bridgehead atoms. The minimum absolute atomic E-state index is 0.627. The molecule has 0 heterocycles. The first-order valence-electron chi connectivity index (χ1n) is 3.81. The summed E-state index contributed by atoms with van der Waals surface area (Å²) in [7, 11) is 0. The largest absolute Gasteiger partial charge is 0.399 e. The van der Waals surface area contributed by atoms with Crippen LogP contribution < -0.4 is 5.73 Å². The number of nitrogen functional groups attached to an aromatic ring is 1. The molecule has 3 heteroatoms. The molecule has 0 spiro atoms. The average Bonchev–Trinajstić information content (AvgIpc) is 1.94. The van der Waals surface area contributed by atoms with Gasteiger partial charge < -0.3 is 5.73 Å². The number of anilines is 1. The molecule has 0 fully saturated rings. The van der Waals surface area contributed by atoms with Crippen LogP contribution in [0.5, 0.6) is 0 Å². The minimum Gasteiger partial charge on any atom is -0.399 e. The van der Waals surface area contributed by atoms with Gasteiger partial charge in [-0.1, -0.05) is 13.8 Å². The Morgan fingerprint density at radius 2 is 2.08 bits per heavy atom. The summed E-state index contributed by atoms with van der Waals surface area (Å²) in [5, 5.41) is 0.627. The highest BCUT2D eigenvalue weighted by molar-refractivity contribution is 14.1. The van der Waals surface area contributed by atoms with Crippen LogP contribution in [0.25, 0.3) is 0 Å². The van der Waals surface area contributed by atoms with Crippen LogP contribution in [-0.4, -0.2) is 5.25 Å². The Morgan fingerprint density at radius 1 is 1.42 bits per heavy atom. The zero-order valence-corrected chi connectivity index (χ0v) is 10.1. The van der Waals surface area contributed by atoms with Crippen molar-refractivity contribution in [2.75, 3.05) is 5.73 Å². The smallest absolute Gasteiger partial charge is 0.0325 e. The fourth-order valence-electron chi connectivity index (χ4n) is 0.867. The summed E-state index contributed by atoms with van der Waals surface area (Å²) >= 11 is 4.19. The van der Waals surface area contributed by atoms with Crippen molar-refractivity contribution in [3.05, 3.63) is 21.8 Å². The highest BCUT2D eigenvalue weighted by atomic mass is 127. The molecule has 1 rings (SSSR count). The summed E-state index contributed by atoms with van der Waals surface area (Å²) < 4.78 is 1.24. The molecule has 1 nitrogen and oxygen atoms in total. The van der Waals surface area contributed by atoms with Gasteiger partial charge in [-0.2, -0.15) is 0 Å². The first kappa shape index (κ1) is 10.2. The summed E-state index contributed by atoms with van der Waals surface area (Å²) in [5.74, 6) is 0. The van der Waals surface area contributed by atoms with Crippen molar-refractivity contribution in [2.24, 2.45) is 0 Å². The molecule has 0 aliphatic rings. The maximum absolute atomic E-state index is 5.64. The van der Waals surface area contributed by atoms with Crippen molar-refractivity contribution in [1.82, 2.24) is 0 Å². The van der Waals surface area contributed by atoms with Crippen LogP contribution in [0.15, 0.2) is 23.1 Å². The van der Waals surface area contributed by atoms with Gasteiger partial charge in [-0.15, -0.1) is 11.8 Å². The molecular weight excluding hydrogens is 281 g/mol. The topological polar surface area (TPSA) is 26.0 Å². The van der Waals surface area contributed by atoms with Gasteiger partial charge in [0.1, 0.15) is 0 Å². The first-order chi connectivity index (χ1) is 5.59. The SMILES string of the molecule is CC(C)Sc1ccc(N)cc1I. The van der Waals surface area contributed by atoms with E-state index in [1.54, 1.807) is 0 Å². The summed E-state index contributed by atoms with van der Waals surface area (Å²) in [6.45, 7) is 4.38. The van der Waals surface area contributed by atoms with E-state index >= 15 is 0 Å². The molecule has 66 valence electrons. The van der Waals surface area contributed by atoms with E-state index < -0.39 is 0 Å². The third-order valence-electron chi connectivity index (χ3n) is 1.32. The third kappa shape index (κ3) is 2.86. The van der Waals surface area contributed by atoms with Crippen LogP contribution in [0, 0.1) is 3.57 Å². The second kappa shape index (κ2) is 4.37. The van der Waals surface area contributed by atoms with E-state index in [2.05, 4.69) is 42.5 Å². The lowest BCUT2D eigenvalue weighted by molar-refractivity contribution is 1.11. The van der Waals surface area contributed by atoms with E-state index in [9.17, 15) is 0 Å². The van der Waals surface area contributed by atoms with Gasteiger partial charge in [-0.25, -0.2) is 0 Å². The van der Waals surface area contributed by atoms with Gasteiger partial charge in [0.05, 0.1) is 0 Å². The average molecular weight is 293 g/mol. The number of nitrogens with two attached hydrogens (primary N) is 1. The molecule has 0 amide bonds. The van der Waals surface area contributed by atoms with Crippen molar-refractivity contribution in [3.8, 4) is 0 Å². The molecule has 2 N–H and O–H groups in total. The molecule has 1 aromatic rings. The van der Waals surface area contributed by atoms with Gasteiger partial charge in [-0.05, 0) is 40.8 Å². The number of rotatable bonds is 2. The predicted molar refractivity (Wildman–Crippen MR) is 64.6 cm³/mol. The van der Waals surface area contributed by atoms with Crippen LogP contribution in [0.3, 0.4) is 0 Å². The summed E-state index contributed by atoms with van der Waals surface area (Å²) in [4.78, 5) is 1.32. The molecule has 0 aliphatic carbocycles. The number of halogens is 1. The monoisotopic (exact) mass is 293 g/mol. The number of thioether (sulfide) groups is 1. The first-order valence-corrected chi connectivity index (χ1v) is 5.77. The zero-order chi connectivity index (χ0) is 9.14. The fourth-order valence-corrected chi connectivity index (χ4v) is 2.61. The van der Waals surface area contributed by atoms with Crippen molar-refractivity contribution >= 4 is 40.0 Å². The van der Waals surface area contributed by atoms with E-state index in [4.69, 9.17) is 5.73 Å². The minimum atomic E-state index is 0.627. The standard InChI is InChI=1S/C9H12INS/c1-6(2)12-9-4-3-7(11)5-8(9)10/h3-6H,11H2,1-2H3. The molecule has 0 radical (unpaired) electrons. The van der Waals surface area contributed by atoms with Crippen molar-refractivity contribution in [1.29, 1.82) is 0 Å². The highest BCUT2D eigenvalue weighted by Gasteiger charge is 2.02. The number of hydrogen-bond acceptors (Lipinski definition) is 2. The molecule has 0 aromatic heterocycles. The van der Waals surface area contributed by atoms with Crippen molar-refractivity contribution < 1.29 is 0 Å². The Balaban J connectivity index is 2.86. The van der Waals surface area contributed by atoms with Crippen LogP contribution in [0.4, 0.5) is 5.69 Å². The van der Waals surface area contributed by atoms with Gasteiger partial charge in [0.25, 0.3) is 0 Å². The molecule has 1 aromatic carbocycles. The van der Waals surface area contributed by atoms with Crippen LogP contribution >= 0.6 is 34.4 Å². The Labute approximate surface area is 91.3 Å². The van der Waals surface area contributed by atoms with E-state index in [0.29, 0.717) is 5.25 Å². The quantitative estimate of drug-likeness (QED) is 0.514. The molecular formula is C9H12INS. The van der Waals surface area contributed by atoms with Crippen LogP contribution in [0.2, 0.25) is 0 Å². The second-order valence-electron chi connectivity index (χ2n) is 2.86. The van der Waals surface area contributed by atoms with Crippen molar-refractivity contribution in [3.63, 3.8) is 0 Å². The molecule has 0 saturated carbocycles. The van der Waals surface area contributed by atoms with E-state index in [1.165, 1.54) is 8.47 Å². The lowest BCUT2D eigenvalue weighted by Crippen LogP contribution is -1.90. The Kier molecular flexibility index (Phi) is 3.71. The molecule has 12 heavy (non-hydrogen) atoms. The lowest BCUT2D eigenvalue weighted by atomic mass is 10.3. The van der Waals surface area contributed by atoms with Crippen molar-refractivity contribution in [2.45, 2.75) is 24.0 Å². The van der Waals surface area contributed by atoms with Gasteiger partial charge in [-0.3, -0.25) is 0 Å². The van der Waals surface area contributed by atoms with E-state index in [-0.39, 0.29) is 0 Å². The van der Waals surface area contributed by atoms with Crippen LogP contribution in [0.1, 0.15) is 13.8 Å². The predicted octanol–water partition coefficient (Wildman–Crippen LogP) is 3.37. The highest BCUT2D eigenvalue weighted by Crippen LogP contribution is 2.28. The van der Waals surface area contributed by atoms with Crippen LogP contribution in [-0.2, 0) is 0 Å². The normalized spacial score (nSPS) is 10.7. The summed E-state index contributed by atoms with van der Waals surface area (Å²) in [6.07, 6.45) is 0. The van der Waals surface area contributed by atoms with E-state index in [0.717, 1.165) is 5.69 Å². The number of hydrogen-bond donors (Lipinski definition) is 1. The molecule has 0 atom stereocenters. The molecule has 0 saturated heterocycles. The zero-order valence-electron chi connectivity index (χ0n) is 7.17. The summed E-state index contributed by atoms with van der Waals surface area (Å²) in [6, 6.07) is 6.04. The molecule has 0 unspecified atom stereocenters. The fraction of sp³-hybridized carbons (Fsp3) is 0.333. The second-order valence-corrected chi connectivity index (χ2v) is 5.64. The van der Waals surface area contributed by atoms with Gasteiger partial charge in [0.15, 0.2) is 0 Å². The number of benzene rings is 1. The third-order valence-corrected chi connectivity index (χ3v) is 3.66. The maximum atomic E-state index is 5.64. The maximum Gasteiger partial charge on any atom is 0.0325 e. The lowest BCUT2D eigenvalue weighted by Gasteiger charge is -2.07. The van der Waals surface area contributed by atoms with Gasteiger partial charge in [0.2, 0.25) is 0 Å². The Bertz CT molecular complexity index is 273. The summed E-state index contributed by atoms with van der Waals surface area (Å²) in [5.41, 5.74) is 6.48. The molecule has 0 aliphatic heterocycles. The van der Waals surface area contributed by atoms with E-state index in [1.807, 2.05) is 23.9 Å². The van der Waals surface area contributed by atoms with Gasteiger partial charge in [0, 0.05) is 19.4 Å². The Hall–Kier alpha value is 0.100. The van der Waals surface area contributed by atoms with Gasteiger partial charge >= 0.3 is 0 Å².